The summed E-state index contributed by atoms with van der Waals surface area (Å²) >= 11 is 0. The molecule has 0 bridgehead atoms. The molecule has 1 aromatic heterocycles. The van der Waals surface area contributed by atoms with Crippen molar-refractivity contribution >= 4 is 5.91 Å². The minimum absolute atomic E-state index is 0.137. The normalized spacial score (nSPS) is 10.7. The molecule has 0 unspecified atom stereocenters. The third kappa shape index (κ3) is 3.19. The minimum Gasteiger partial charge on any atom is -0.423 e. The number of aromatic nitrogens is 2. The van der Waals surface area contributed by atoms with Crippen molar-refractivity contribution in [1.29, 1.82) is 0 Å². The largest absolute Gasteiger partial charge is 0.423 e. The van der Waals surface area contributed by atoms with Crippen molar-refractivity contribution in [2.45, 2.75) is 33.2 Å². The van der Waals surface area contributed by atoms with Gasteiger partial charge >= 0.3 is 0 Å². The summed E-state index contributed by atoms with van der Waals surface area (Å²) in [5.41, 5.74) is 1.60. The third-order valence-electron chi connectivity index (χ3n) is 2.77. The predicted octanol–water partition coefficient (Wildman–Crippen LogP) is 2.43. The number of carbonyl (C=O) groups excluding carboxylic acids is 1. The molecule has 2 aromatic rings. The molecule has 0 aliphatic carbocycles. The number of rotatable bonds is 4. The zero-order chi connectivity index (χ0) is 13.8. The highest BCUT2D eigenvalue weighted by Crippen LogP contribution is 2.12. The summed E-state index contributed by atoms with van der Waals surface area (Å²) in [6, 6.07) is 7.43. The Bertz CT molecular complexity index is 576. The maximum Gasteiger partial charge on any atom is 0.251 e. The Morgan fingerprint density at radius 2 is 2.05 bits per heavy atom. The minimum atomic E-state index is -0.137. The van der Waals surface area contributed by atoms with E-state index in [9.17, 15) is 4.79 Å². The lowest BCUT2D eigenvalue weighted by molar-refractivity contribution is 0.0946. The van der Waals surface area contributed by atoms with Crippen molar-refractivity contribution in [2.75, 3.05) is 0 Å². The maximum atomic E-state index is 12.0. The Labute approximate surface area is 112 Å². The molecule has 100 valence electrons. The fourth-order valence-corrected chi connectivity index (χ4v) is 1.65. The van der Waals surface area contributed by atoms with E-state index in [2.05, 4.69) is 15.5 Å². The van der Waals surface area contributed by atoms with E-state index >= 15 is 0 Å². The highest BCUT2D eigenvalue weighted by atomic mass is 16.4. The fraction of sp³-hybridized carbons (Fsp3) is 0.357. The first kappa shape index (κ1) is 13.3. The second kappa shape index (κ2) is 5.65. The topological polar surface area (TPSA) is 68.0 Å². The molecule has 19 heavy (non-hydrogen) atoms. The van der Waals surface area contributed by atoms with E-state index < -0.39 is 0 Å². The highest BCUT2D eigenvalue weighted by molar-refractivity contribution is 5.95. The highest BCUT2D eigenvalue weighted by Gasteiger charge is 2.12. The summed E-state index contributed by atoms with van der Waals surface area (Å²) in [4.78, 5) is 12.0. The molecule has 1 amide bonds. The second-order valence-electron chi connectivity index (χ2n) is 4.69. The van der Waals surface area contributed by atoms with Crippen LogP contribution >= 0.6 is 0 Å². The molecule has 0 saturated heterocycles. The zero-order valence-electron chi connectivity index (χ0n) is 11.3. The molecule has 5 nitrogen and oxygen atoms in total. The zero-order valence-corrected chi connectivity index (χ0v) is 11.3. The van der Waals surface area contributed by atoms with Gasteiger partial charge in [-0.1, -0.05) is 32.0 Å². The van der Waals surface area contributed by atoms with Gasteiger partial charge in [-0.3, -0.25) is 4.79 Å². The first-order valence-corrected chi connectivity index (χ1v) is 6.24. The molecule has 2 rings (SSSR count). The molecule has 0 radical (unpaired) electrons. The molecule has 0 spiro atoms. The van der Waals surface area contributed by atoms with Crippen LogP contribution < -0.4 is 5.32 Å². The van der Waals surface area contributed by atoms with Crippen LogP contribution in [-0.4, -0.2) is 16.1 Å². The molecule has 0 fully saturated rings. The maximum absolute atomic E-state index is 12.0. The van der Waals surface area contributed by atoms with Crippen molar-refractivity contribution in [3.8, 4) is 0 Å². The number of aryl methyl sites for hydroxylation is 1. The molecule has 1 N–H and O–H groups in total. The van der Waals surface area contributed by atoms with Crippen molar-refractivity contribution in [3.05, 3.63) is 47.2 Å². The summed E-state index contributed by atoms with van der Waals surface area (Å²) in [7, 11) is 0. The average molecular weight is 259 g/mol. The summed E-state index contributed by atoms with van der Waals surface area (Å²) in [6.07, 6.45) is 0. The van der Waals surface area contributed by atoms with Crippen LogP contribution in [-0.2, 0) is 6.54 Å². The molecule has 0 atom stereocenters. The van der Waals surface area contributed by atoms with Crippen LogP contribution in [0.1, 0.15) is 47.5 Å². The van der Waals surface area contributed by atoms with E-state index in [1.54, 1.807) is 6.07 Å². The van der Waals surface area contributed by atoms with E-state index in [0.717, 1.165) is 5.56 Å². The van der Waals surface area contributed by atoms with Gasteiger partial charge in [-0.2, -0.15) is 0 Å². The summed E-state index contributed by atoms with van der Waals surface area (Å²) < 4.78 is 5.42. The molecule has 5 heteroatoms. The van der Waals surface area contributed by atoms with Gasteiger partial charge in [-0.05, 0) is 18.6 Å². The van der Waals surface area contributed by atoms with Gasteiger partial charge in [0.15, 0.2) is 0 Å². The lowest BCUT2D eigenvalue weighted by Crippen LogP contribution is -2.23. The van der Waals surface area contributed by atoms with Crippen LogP contribution in [0.25, 0.3) is 0 Å². The second-order valence-corrected chi connectivity index (χ2v) is 4.69. The van der Waals surface area contributed by atoms with Gasteiger partial charge < -0.3 is 9.73 Å². The number of carbonyl (C=O) groups is 1. The Kier molecular flexibility index (Phi) is 3.94. The lowest BCUT2D eigenvalue weighted by Gasteiger charge is -2.05. The van der Waals surface area contributed by atoms with Crippen molar-refractivity contribution in [2.24, 2.45) is 0 Å². The average Bonchev–Trinajstić information content (AvgIpc) is 2.85. The summed E-state index contributed by atoms with van der Waals surface area (Å²) in [5, 5.41) is 10.6. The first-order valence-electron chi connectivity index (χ1n) is 6.24. The van der Waals surface area contributed by atoms with Crippen LogP contribution in [0, 0.1) is 6.92 Å². The van der Waals surface area contributed by atoms with E-state index in [1.165, 1.54) is 0 Å². The number of hydrogen-bond donors (Lipinski definition) is 1. The van der Waals surface area contributed by atoms with Gasteiger partial charge in [-0.15, -0.1) is 10.2 Å². The number of nitrogens with zero attached hydrogens (tertiary/aromatic N) is 2. The van der Waals surface area contributed by atoms with Gasteiger partial charge in [0.05, 0.1) is 6.54 Å². The van der Waals surface area contributed by atoms with Gasteiger partial charge in [0.1, 0.15) is 0 Å². The molecular formula is C14H17N3O2. The fourth-order valence-electron chi connectivity index (χ4n) is 1.65. The van der Waals surface area contributed by atoms with Crippen LogP contribution in [0.4, 0.5) is 0 Å². The molecule has 1 aromatic carbocycles. The molecule has 0 aliphatic heterocycles. The van der Waals surface area contributed by atoms with Gasteiger partial charge in [-0.25, -0.2) is 0 Å². The van der Waals surface area contributed by atoms with Gasteiger partial charge in [0, 0.05) is 11.5 Å². The molecule has 1 heterocycles. The Morgan fingerprint density at radius 1 is 1.32 bits per heavy atom. The SMILES string of the molecule is Cc1ccccc1C(=O)NCc1nnc(C(C)C)o1. The monoisotopic (exact) mass is 259 g/mol. The molecular weight excluding hydrogens is 242 g/mol. The quantitative estimate of drug-likeness (QED) is 0.915. The Morgan fingerprint density at radius 3 is 2.68 bits per heavy atom. The first-order chi connectivity index (χ1) is 9.08. The number of nitrogens with one attached hydrogen (secondary N) is 1. The van der Waals surface area contributed by atoms with Crippen LogP contribution in [0.5, 0.6) is 0 Å². The van der Waals surface area contributed by atoms with Crippen LogP contribution in [0.2, 0.25) is 0 Å². The summed E-state index contributed by atoms with van der Waals surface area (Å²) in [6.45, 7) is 6.10. The van der Waals surface area contributed by atoms with Gasteiger partial charge in [0.2, 0.25) is 11.8 Å². The van der Waals surface area contributed by atoms with Gasteiger partial charge in [0.25, 0.3) is 5.91 Å². The number of hydrogen-bond acceptors (Lipinski definition) is 4. The van der Waals surface area contributed by atoms with Crippen LogP contribution in [0.15, 0.2) is 28.7 Å². The smallest absolute Gasteiger partial charge is 0.251 e. The number of benzene rings is 1. The van der Waals surface area contributed by atoms with Crippen molar-refractivity contribution in [1.82, 2.24) is 15.5 Å². The molecule has 0 aliphatic rings. The standard InChI is InChI=1S/C14H17N3O2/c1-9(2)14-17-16-12(19-14)8-15-13(18)11-7-5-4-6-10(11)3/h4-7,9H,8H2,1-3H3,(H,15,18). The van der Waals surface area contributed by atoms with Crippen LogP contribution in [0.3, 0.4) is 0 Å². The van der Waals surface area contributed by atoms with E-state index in [4.69, 9.17) is 4.42 Å². The predicted molar refractivity (Wildman–Crippen MR) is 70.7 cm³/mol. The van der Waals surface area contributed by atoms with E-state index in [-0.39, 0.29) is 18.4 Å². The Hall–Kier alpha value is -2.17. The third-order valence-corrected chi connectivity index (χ3v) is 2.77. The van der Waals surface area contributed by atoms with Crippen molar-refractivity contribution in [3.63, 3.8) is 0 Å². The number of amides is 1. The summed E-state index contributed by atoms with van der Waals surface area (Å²) in [5.74, 6) is 1.06. The van der Waals surface area contributed by atoms with E-state index in [0.29, 0.717) is 17.3 Å². The Balaban J connectivity index is 1.98. The van der Waals surface area contributed by atoms with E-state index in [1.807, 2.05) is 39.0 Å². The lowest BCUT2D eigenvalue weighted by atomic mass is 10.1. The molecule has 0 saturated carbocycles. The van der Waals surface area contributed by atoms with Crippen molar-refractivity contribution < 1.29 is 9.21 Å².